The molecule has 1 aromatic carbocycles. The lowest BCUT2D eigenvalue weighted by Crippen LogP contribution is -2.10. The third kappa shape index (κ3) is 1.19. The summed E-state index contributed by atoms with van der Waals surface area (Å²) in [6.45, 7) is 1.54. The Balaban J connectivity index is 2.82. The average molecular weight is 197 g/mol. The summed E-state index contributed by atoms with van der Waals surface area (Å²) in [5.74, 6) is -1.30. The summed E-state index contributed by atoms with van der Waals surface area (Å²) < 4.78 is 31.9. The van der Waals surface area contributed by atoms with Crippen molar-refractivity contribution in [2.24, 2.45) is 5.73 Å². The van der Waals surface area contributed by atoms with E-state index in [1.807, 2.05) is 0 Å². The van der Waals surface area contributed by atoms with E-state index in [9.17, 15) is 8.78 Å². The molecule has 14 heavy (non-hydrogen) atoms. The van der Waals surface area contributed by atoms with Crippen LogP contribution < -0.4 is 5.73 Å². The van der Waals surface area contributed by atoms with Crippen molar-refractivity contribution in [3.05, 3.63) is 35.6 Å². The molecule has 0 bridgehead atoms. The number of halogens is 2. The molecule has 2 nitrogen and oxygen atoms in total. The van der Waals surface area contributed by atoms with E-state index in [4.69, 9.17) is 10.2 Å². The average Bonchev–Trinajstić information content (AvgIpc) is 2.50. The topological polar surface area (TPSA) is 39.2 Å². The molecule has 0 aliphatic rings. The van der Waals surface area contributed by atoms with Crippen LogP contribution in [-0.4, -0.2) is 0 Å². The summed E-state index contributed by atoms with van der Waals surface area (Å²) in [5, 5.41) is 0.263. The normalized spacial score (nSPS) is 13.4. The van der Waals surface area contributed by atoms with Crippen LogP contribution in [0.2, 0.25) is 0 Å². The van der Waals surface area contributed by atoms with E-state index < -0.39 is 17.7 Å². The van der Waals surface area contributed by atoms with E-state index in [0.717, 1.165) is 6.07 Å². The second kappa shape index (κ2) is 3.06. The van der Waals surface area contributed by atoms with Gasteiger partial charge in [0.05, 0.1) is 11.6 Å². The molecule has 0 fully saturated rings. The highest BCUT2D eigenvalue weighted by Gasteiger charge is 2.17. The molecule has 1 unspecified atom stereocenters. The van der Waals surface area contributed by atoms with Gasteiger partial charge in [-0.1, -0.05) is 0 Å². The smallest absolute Gasteiger partial charge is 0.141 e. The first-order chi connectivity index (χ1) is 6.61. The molecule has 4 heteroatoms. The van der Waals surface area contributed by atoms with Crippen LogP contribution >= 0.6 is 0 Å². The number of fused-ring (bicyclic) bond motifs is 1. The lowest BCUT2D eigenvalue weighted by molar-refractivity contribution is 0.538. The van der Waals surface area contributed by atoms with Crippen LogP contribution in [0, 0.1) is 11.6 Å². The quantitative estimate of drug-likeness (QED) is 0.763. The Morgan fingerprint density at radius 2 is 2.14 bits per heavy atom. The van der Waals surface area contributed by atoms with Gasteiger partial charge in [-0.3, -0.25) is 0 Å². The predicted molar refractivity (Wildman–Crippen MR) is 48.7 cm³/mol. The highest BCUT2D eigenvalue weighted by molar-refractivity contribution is 5.79. The Hall–Kier alpha value is -1.42. The molecule has 74 valence electrons. The van der Waals surface area contributed by atoms with Gasteiger partial charge in [0, 0.05) is 17.7 Å². The number of nitrogens with two attached hydrogens (primary N) is 1. The lowest BCUT2D eigenvalue weighted by Gasteiger charge is -2.08. The third-order valence-corrected chi connectivity index (χ3v) is 2.14. The number of furan rings is 1. The molecule has 0 spiro atoms. The van der Waals surface area contributed by atoms with E-state index in [1.165, 1.54) is 19.3 Å². The standard InChI is InChI=1S/C10H9F2NO/c1-5(13)9-7(11)4-8-6(10(9)12)2-3-14-8/h2-5H,13H2,1H3. The summed E-state index contributed by atoms with van der Waals surface area (Å²) in [6, 6.07) is 1.93. The SMILES string of the molecule is CC(N)c1c(F)cc2occc2c1F. The number of hydrogen-bond donors (Lipinski definition) is 1. The molecule has 1 atom stereocenters. The van der Waals surface area contributed by atoms with Gasteiger partial charge in [0.1, 0.15) is 17.2 Å². The van der Waals surface area contributed by atoms with Gasteiger partial charge in [0.15, 0.2) is 0 Å². The Kier molecular flexibility index (Phi) is 2.00. The Labute approximate surface area is 79.3 Å². The summed E-state index contributed by atoms with van der Waals surface area (Å²) in [5.41, 5.74) is 5.56. The molecule has 0 aliphatic heterocycles. The van der Waals surface area contributed by atoms with E-state index >= 15 is 0 Å². The zero-order chi connectivity index (χ0) is 10.3. The lowest BCUT2D eigenvalue weighted by atomic mass is 10.1. The maximum atomic E-state index is 13.6. The Bertz CT molecular complexity index is 476. The summed E-state index contributed by atoms with van der Waals surface area (Å²) in [6.07, 6.45) is 1.32. The van der Waals surface area contributed by atoms with Crippen LogP contribution in [0.3, 0.4) is 0 Å². The molecule has 2 aromatic rings. The highest BCUT2D eigenvalue weighted by Crippen LogP contribution is 2.27. The summed E-state index contributed by atoms with van der Waals surface area (Å²) >= 11 is 0. The van der Waals surface area contributed by atoms with Gasteiger partial charge in [0.2, 0.25) is 0 Å². The first-order valence-electron chi connectivity index (χ1n) is 4.22. The van der Waals surface area contributed by atoms with Crippen molar-refractivity contribution in [3.63, 3.8) is 0 Å². The molecule has 0 radical (unpaired) electrons. The zero-order valence-corrected chi connectivity index (χ0v) is 7.55. The fourth-order valence-corrected chi connectivity index (χ4v) is 1.47. The van der Waals surface area contributed by atoms with Crippen molar-refractivity contribution < 1.29 is 13.2 Å². The fraction of sp³-hybridized carbons (Fsp3) is 0.200. The molecule has 0 aliphatic carbocycles. The van der Waals surface area contributed by atoms with Gasteiger partial charge in [-0.15, -0.1) is 0 Å². The minimum Gasteiger partial charge on any atom is -0.464 e. The van der Waals surface area contributed by atoms with Crippen molar-refractivity contribution in [3.8, 4) is 0 Å². The molecule has 2 N–H and O–H groups in total. The minimum absolute atomic E-state index is 0.0982. The van der Waals surface area contributed by atoms with Crippen LogP contribution in [0.5, 0.6) is 0 Å². The van der Waals surface area contributed by atoms with Crippen LogP contribution in [-0.2, 0) is 0 Å². The number of rotatable bonds is 1. The molecular weight excluding hydrogens is 188 g/mol. The molecule has 0 amide bonds. The fourth-order valence-electron chi connectivity index (χ4n) is 1.47. The van der Waals surface area contributed by atoms with Crippen LogP contribution in [0.1, 0.15) is 18.5 Å². The molecule has 0 saturated heterocycles. The first kappa shape index (κ1) is 9.15. The first-order valence-corrected chi connectivity index (χ1v) is 4.22. The monoisotopic (exact) mass is 197 g/mol. The minimum atomic E-state index is -0.672. The van der Waals surface area contributed by atoms with Gasteiger partial charge >= 0.3 is 0 Å². The second-order valence-corrected chi connectivity index (χ2v) is 3.21. The van der Waals surface area contributed by atoms with Crippen LogP contribution in [0.25, 0.3) is 11.0 Å². The van der Waals surface area contributed by atoms with Crippen LogP contribution in [0.15, 0.2) is 22.8 Å². The maximum Gasteiger partial charge on any atom is 0.141 e. The van der Waals surface area contributed by atoms with E-state index in [1.54, 1.807) is 0 Å². The van der Waals surface area contributed by atoms with Gasteiger partial charge < -0.3 is 10.2 Å². The Morgan fingerprint density at radius 3 is 2.79 bits per heavy atom. The highest BCUT2D eigenvalue weighted by atomic mass is 19.1. The maximum absolute atomic E-state index is 13.6. The summed E-state index contributed by atoms with van der Waals surface area (Å²) in [7, 11) is 0. The van der Waals surface area contributed by atoms with Crippen molar-refractivity contribution in [2.45, 2.75) is 13.0 Å². The predicted octanol–water partition coefficient (Wildman–Crippen LogP) is 2.73. The van der Waals surface area contributed by atoms with Gasteiger partial charge in [-0.05, 0) is 13.0 Å². The van der Waals surface area contributed by atoms with E-state index in [0.29, 0.717) is 0 Å². The number of hydrogen-bond acceptors (Lipinski definition) is 2. The largest absolute Gasteiger partial charge is 0.464 e. The third-order valence-electron chi connectivity index (χ3n) is 2.14. The molecule has 1 aromatic heterocycles. The van der Waals surface area contributed by atoms with Crippen molar-refractivity contribution >= 4 is 11.0 Å². The van der Waals surface area contributed by atoms with Gasteiger partial charge in [-0.2, -0.15) is 0 Å². The van der Waals surface area contributed by atoms with Crippen molar-refractivity contribution in [1.82, 2.24) is 0 Å². The Morgan fingerprint density at radius 1 is 1.43 bits per heavy atom. The number of benzene rings is 1. The van der Waals surface area contributed by atoms with E-state index in [2.05, 4.69) is 0 Å². The van der Waals surface area contributed by atoms with Crippen molar-refractivity contribution in [2.75, 3.05) is 0 Å². The molecule has 1 heterocycles. The van der Waals surface area contributed by atoms with Gasteiger partial charge in [-0.25, -0.2) is 8.78 Å². The second-order valence-electron chi connectivity index (χ2n) is 3.21. The van der Waals surface area contributed by atoms with E-state index in [-0.39, 0.29) is 16.5 Å². The zero-order valence-electron chi connectivity index (χ0n) is 7.55. The van der Waals surface area contributed by atoms with Crippen LogP contribution in [0.4, 0.5) is 8.78 Å². The molecule has 0 saturated carbocycles. The van der Waals surface area contributed by atoms with Crippen molar-refractivity contribution in [1.29, 1.82) is 0 Å². The summed E-state index contributed by atoms with van der Waals surface area (Å²) in [4.78, 5) is 0. The molecular formula is C10H9F2NO. The molecule has 2 rings (SSSR count). The van der Waals surface area contributed by atoms with Gasteiger partial charge in [0.25, 0.3) is 0 Å².